The Labute approximate surface area is 303 Å². The summed E-state index contributed by atoms with van der Waals surface area (Å²) in [7, 11) is 0. The Balaban J connectivity index is 1.69. The van der Waals surface area contributed by atoms with Crippen LogP contribution in [0.5, 0.6) is 0 Å². The van der Waals surface area contributed by atoms with Crippen molar-refractivity contribution < 1.29 is 0 Å². The minimum Gasteiger partial charge on any atom is -0.314 e. The van der Waals surface area contributed by atoms with E-state index in [4.69, 9.17) is 0 Å². The monoisotopic (exact) mass is 660 g/mol. The normalized spacial score (nSPS) is 14.5. The number of hydrogen-bond acceptors (Lipinski definition) is 2. The Hall–Kier alpha value is -6.12. The van der Waals surface area contributed by atoms with Crippen LogP contribution in [0.1, 0.15) is 27.2 Å². The number of benzene rings is 6. The van der Waals surface area contributed by atoms with E-state index in [2.05, 4.69) is 201 Å². The molecule has 0 bridgehead atoms. The van der Waals surface area contributed by atoms with E-state index in [-0.39, 0.29) is 0 Å². The summed E-state index contributed by atoms with van der Waals surface area (Å²) in [5, 5.41) is 4.60. The molecule has 1 atom stereocenters. The summed E-state index contributed by atoms with van der Waals surface area (Å²) in [5.74, 6) is 0.420. The van der Waals surface area contributed by atoms with Crippen LogP contribution in [0.25, 0.3) is 43.8 Å². The maximum Gasteiger partial charge on any atom is 0.0620 e. The van der Waals surface area contributed by atoms with Crippen molar-refractivity contribution in [3.05, 3.63) is 200 Å². The first-order chi connectivity index (χ1) is 25.0. The molecular weight excluding hydrogens is 617 g/mol. The number of para-hydroxylation sites is 1. The van der Waals surface area contributed by atoms with Gasteiger partial charge in [0, 0.05) is 44.3 Å². The van der Waals surface area contributed by atoms with E-state index >= 15 is 0 Å². The molecule has 0 radical (unpaired) electrons. The number of anilines is 3. The van der Waals surface area contributed by atoms with Gasteiger partial charge in [-0.2, -0.15) is 0 Å². The lowest BCUT2D eigenvalue weighted by atomic mass is 9.90. The standard InChI is InChI=1S/C49H44N2/c1-6-18-36(4)50(37(5)19-7-2)48-44-30-28-41(39-23-13-9-14-24-39)34-47(44)49(45-31-29-40(33-46(45)48)38-21-11-8-12-22-38)51(42-25-15-10-16-26-42)43-27-17-20-35(3)32-43/h6-19,21-35H,1,5,20H2,2-4H3. The average molecular weight is 661 g/mol. The number of rotatable bonds is 10. The molecule has 2 nitrogen and oxygen atoms in total. The molecule has 0 amide bonds. The lowest BCUT2D eigenvalue weighted by molar-refractivity contribution is 0.726. The molecule has 0 aromatic heterocycles. The highest BCUT2D eigenvalue weighted by Gasteiger charge is 2.27. The van der Waals surface area contributed by atoms with Gasteiger partial charge in [-0.15, -0.1) is 0 Å². The molecule has 2 heteroatoms. The Kier molecular flexibility index (Phi) is 9.67. The summed E-state index contributed by atoms with van der Waals surface area (Å²) in [6, 6.07) is 46.0. The summed E-state index contributed by atoms with van der Waals surface area (Å²) >= 11 is 0. The minimum absolute atomic E-state index is 0.420. The third-order valence-corrected chi connectivity index (χ3v) is 9.60. The second kappa shape index (κ2) is 14.8. The van der Waals surface area contributed by atoms with E-state index in [0.29, 0.717) is 5.92 Å². The van der Waals surface area contributed by atoms with Gasteiger partial charge in [0.1, 0.15) is 0 Å². The number of hydrogen-bond donors (Lipinski definition) is 0. The molecular formula is C49H44N2. The van der Waals surface area contributed by atoms with E-state index in [0.717, 1.165) is 62.0 Å². The Morgan fingerprint density at radius 1 is 0.686 bits per heavy atom. The third kappa shape index (κ3) is 6.61. The lowest BCUT2D eigenvalue weighted by Crippen LogP contribution is -2.21. The van der Waals surface area contributed by atoms with E-state index in [1.807, 2.05) is 13.0 Å². The lowest BCUT2D eigenvalue weighted by Gasteiger charge is -2.34. The quantitative estimate of drug-likeness (QED) is 0.0820. The van der Waals surface area contributed by atoms with Crippen LogP contribution in [-0.4, -0.2) is 0 Å². The van der Waals surface area contributed by atoms with Crippen molar-refractivity contribution in [3.63, 3.8) is 0 Å². The fourth-order valence-electron chi connectivity index (χ4n) is 7.30. The van der Waals surface area contributed by atoms with Crippen molar-refractivity contribution in [2.75, 3.05) is 9.80 Å². The fourth-order valence-corrected chi connectivity index (χ4v) is 7.30. The second-order valence-electron chi connectivity index (χ2n) is 13.2. The fraction of sp³-hybridized carbons (Fsp3) is 0.102. The first-order valence-electron chi connectivity index (χ1n) is 17.8. The maximum absolute atomic E-state index is 4.61. The van der Waals surface area contributed by atoms with Gasteiger partial charge in [0.15, 0.2) is 0 Å². The summed E-state index contributed by atoms with van der Waals surface area (Å²) in [6.45, 7) is 15.1. The molecule has 0 heterocycles. The molecule has 1 unspecified atom stereocenters. The van der Waals surface area contributed by atoms with Crippen LogP contribution in [0.15, 0.2) is 200 Å². The largest absolute Gasteiger partial charge is 0.314 e. The first-order valence-corrected chi connectivity index (χ1v) is 17.8. The topological polar surface area (TPSA) is 6.48 Å². The van der Waals surface area contributed by atoms with Gasteiger partial charge in [-0.3, -0.25) is 0 Å². The summed E-state index contributed by atoms with van der Waals surface area (Å²) in [5.41, 5.74) is 11.1. The van der Waals surface area contributed by atoms with Crippen molar-refractivity contribution in [2.45, 2.75) is 27.2 Å². The molecule has 6 aromatic carbocycles. The van der Waals surface area contributed by atoms with Crippen molar-refractivity contribution in [3.8, 4) is 22.3 Å². The van der Waals surface area contributed by atoms with Gasteiger partial charge < -0.3 is 9.80 Å². The van der Waals surface area contributed by atoms with Crippen LogP contribution in [0, 0.1) is 5.92 Å². The average Bonchev–Trinajstić information content (AvgIpc) is 3.17. The van der Waals surface area contributed by atoms with Crippen LogP contribution in [-0.2, 0) is 0 Å². The van der Waals surface area contributed by atoms with Gasteiger partial charge in [-0.25, -0.2) is 0 Å². The summed E-state index contributed by atoms with van der Waals surface area (Å²) in [4.78, 5) is 4.76. The highest BCUT2D eigenvalue weighted by atomic mass is 15.2. The summed E-state index contributed by atoms with van der Waals surface area (Å²) < 4.78 is 0. The number of allylic oxidation sites excluding steroid dienone is 8. The molecule has 6 aromatic rings. The minimum atomic E-state index is 0.420. The predicted molar refractivity (Wildman–Crippen MR) is 222 cm³/mol. The smallest absolute Gasteiger partial charge is 0.0620 e. The first kappa shape index (κ1) is 33.4. The maximum atomic E-state index is 4.61. The van der Waals surface area contributed by atoms with E-state index in [1.165, 1.54) is 22.4 Å². The number of fused-ring (bicyclic) bond motifs is 2. The zero-order chi connectivity index (χ0) is 35.3. The van der Waals surface area contributed by atoms with Crippen LogP contribution in [0.4, 0.5) is 17.1 Å². The van der Waals surface area contributed by atoms with Crippen molar-refractivity contribution in [1.82, 2.24) is 0 Å². The van der Waals surface area contributed by atoms with Gasteiger partial charge in [0.05, 0.1) is 11.4 Å². The van der Waals surface area contributed by atoms with Gasteiger partial charge >= 0.3 is 0 Å². The summed E-state index contributed by atoms with van der Waals surface area (Å²) in [6.07, 6.45) is 16.1. The molecule has 1 aliphatic rings. The Morgan fingerprint density at radius 2 is 1.24 bits per heavy atom. The molecule has 0 saturated heterocycles. The van der Waals surface area contributed by atoms with Gasteiger partial charge in [-0.1, -0.05) is 148 Å². The predicted octanol–water partition coefficient (Wildman–Crippen LogP) is 13.9. The molecule has 250 valence electrons. The number of nitrogens with zero attached hydrogens (tertiary/aromatic N) is 2. The van der Waals surface area contributed by atoms with Crippen LogP contribution < -0.4 is 9.80 Å². The molecule has 1 aliphatic carbocycles. The Bertz CT molecular complexity index is 2340. The molecule has 0 fully saturated rings. The molecule has 0 N–H and O–H groups in total. The molecule has 0 spiro atoms. The van der Waals surface area contributed by atoms with Gasteiger partial charge in [0.2, 0.25) is 0 Å². The second-order valence-corrected chi connectivity index (χ2v) is 13.2. The van der Waals surface area contributed by atoms with Crippen molar-refractivity contribution in [1.29, 1.82) is 0 Å². The van der Waals surface area contributed by atoms with E-state index < -0.39 is 0 Å². The SMILES string of the molecule is C=CC=C(C)N(C(=C)C=CC)c1c2cc(-c3ccccc3)ccc2c(N(C2=CC(C)CC=C2)c2ccccc2)c2cc(-c3ccccc3)ccc12. The molecule has 0 saturated carbocycles. The van der Waals surface area contributed by atoms with Gasteiger partial charge in [-0.05, 0) is 90.9 Å². The highest BCUT2D eigenvalue weighted by Crippen LogP contribution is 2.50. The molecule has 7 rings (SSSR count). The van der Waals surface area contributed by atoms with E-state index in [9.17, 15) is 0 Å². The van der Waals surface area contributed by atoms with Crippen LogP contribution in [0.2, 0.25) is 0 Å². The van der Waals surface area contributed by atoms with Crippen LogP contribution >= 0.6 is 0 Å². The van der Waals surface area contributed by atoms with Crippen molar-refractivity contribution >= 4 is 38.6 Å². The Morgan fingerprint density at radius 3 is 1.78 bits per heavy atom. The third-order valence-electron chi connectivity index (χ3n) is 9.60. The molecule has 51 heavy (non-hydrogen) atoms. The zero-order valence-electron chi connectivity index (χ0n) is 29.8. The van der Waals surface area contributed by atoms with Crippen molar-refractivity contribution in [2.24, 2.45) is 5.92 Å². The highest BCUT2D eigenvalue weighted by molar-refractivity contribution is 6.23. The zero-order valence-corrected chi connectivity index (χ0v) is 29.8. The van der Waals surface area contributed by atoms with E-state index in [1.54, 1.807) is 0 Å². The molecule has 0 aliphatic heterocycles. The van der Waals surface area contributed by atoms with Gasteiger partial charge in [0.25, 0.3) is 0 Å². The van der Waals surface area contributed by atoms with Crippen LogP contribution in [0.3, 0.4) is 0 Å².